The van der Waals surface area contributed by atoms with Crippen LogP contribution < -0.4 is 10.5 Å². The van der Waals surface area contributed by atoms with Crippen molar-refractivity contribution in [2.45, 2.75) is 6.18 Å². The summed E-state index contributed by atoms with van der Waals surface area (Å²) < 4.78 is 43.4. The van der Waals surface area contributed by atoms with Crippen molar-refractivity contribution in [3.8, 4) is 17.6 Å². The lowest BCUT2D eigenvalue weighted by Crippen LogP contribution is -2.07. The largest absolute Gasteiger partial charge is 0.454 e. The highest BCUT2D eigenvalue weighted by Crippen LogP contribution is 2.37. The second-order valence-electron chi connectivity index (χ2n) is 4.08. The quantitative estimate of drug-likeness (QED) is 0.824. The average molecular weight is 313 g/mol. The second-order valence-corrected chi connectivity index (χ2v) is 4.48. The van der Waals surface area contributed by atoms with E-state index in [1.54, 1.807) is 6.07 Å². The average Bonchev–Trinajstić information content (AvgIpc) is 2.41. The molecule has 0 bridgehead atoms. The van der Waals surface area contributed by atoms with E-state index < -0.39 is 17.3 Å². The molecule has 0 fully saturated rings. The highest BCUT2D eigenvalue weighted by atomic mass is 35.5. The van der Waals surface area contributed by atoms with Crippen molar-refractivity contribution in [2.24, 2.45) is 0 Å². The molecule has 0 aliphatic carbocycles. The monoisotopic (exact) mass is 312 g/mol. The summed E-state index contributed by atoms with van der Waals surface area (Å²) in [5.41, 5.74) is 4.36. The molecule has 21 heavy (non-hydrogen) atoms. The maximum absolute atomic E-state index is 12.7. The topological polar surface area (TPSA) is 59.0 Å². The Kier molecular flexibility index (Phi) is 3.96. The number of nitrogens with two attached hydrogens (primary N) is 1. The first kappa shape index (κ1) is 15.0. The Labute approximate surface area is 123 Å². The number of alkyl halides is 3. The van der Waals surface area contributed by atoms with Crippen LogP contribution >= 0.6 is 11.6 Å². The van der Waals surface area contributed by atoms with Crippen LogP contribution in [0.25, 0.3) is 0 Å². The van der Waals surface area contributed by atoms with E-state index in [1.807, 2.05) is 0 Å². The summed E-state index contributed by atoms with van der Waals surface area (Å²) in [6.45, 7) is 0. The molecule has 0 saturated carbocycles. The number of halogens is 4. The summed E-state index contributed by atoms with van der Waals surface area (Å²) in [5, 5.41) is 9.04. The first-order valence-corrected chi connectivity index (χ1v) is 6.04. The van der Waals surface area contributed by atoms with E-state index in [9.17, 15) is 13.2 Å². The van der Waals surface area contributed by atoms with Gasteiger partial charge in [-0.3, -0.25) is 0 Å². The summed E-state index contributed by atoms with van der Waals surface area (Å²) >= 11 is 5.91. The summed E-state index contributed by atoms with van der Waals surface area (Å²) in [4.78, 5) is 0. The number of hydrogen-bond donors (Lipinski definition) is 1. The van der Waals surface area contributed by atoms with Gasteiger partial charge in [0.05, 0.1) is 27.9 Å². The van der Waals surface area contributed by atoms with Crippen molar-refractivity contribution >= 4 is 17.3 Å². The smallest absolute Gasteiger partial charge is 0.417 e. The lowest BCUT2D eigenvalue weighted by molar-refractivity contribution is -0.137. The Balaban J connectivity index is 2.42. The molecule has 0 atom stereocenters. The minimum atomic E-state index is -4.60. The number of nitrogens with zero attached hydrogens (tertiary/aromatic N) is 1. The van der Waals surface area contributed by atoms with E-state index in [0.29, 0.717) is 0 Å². The van der Waals surface area contributed by atoms with Crippen LogP contribution in [0.2, 0.25) is 5.02 Å². The van der Waals surface area contributed by atoms with Gasteiger partial charge < -0.3 is 10.5 Å². The van der Waals surface area contributed by atoms with E-state index in [0.717, 1.165) is 18.2 Å². The van der Waals surface area contributed by atoms with Gasteiger partial charge in [0, 0.05) is 0 Å². The number of rotatable bonds is 2. The zero-order chi connectivity index (χ0) is 15.6. The Morgan fingerprint density at radius 2 is 1.90 bits per heavy atom. The van der Waals surface area contributed by atoms with Gasteiger partial charge in [0.25, 0.3) is 0 Å². The predicted molar refractivity (Wildman–Crippen MR) is 72.1 cm³/mol. The van der Waals surface area contributed by atoms with E-state index in [1.165, 1.54) is 18.2 Å². The van der Waals surface area contributed by atoms with Crippen molar-refractivity contribution in [1.29, 1.82) is 5.26 Å². The predicted octanol–water partition coefficient (Wildman–Crippen LogP) is 4.60. The van der Waals surface area contributed by atoms with Crippen molar-refractivity contribution in [1.82, 2.24) is 0 Å². The fraction of sp³-hybridized carbons (Fsp3) is 0.0714. The first-order chi connectivity index (χ1) is 9.82. The molecule has 0 aliphatic rings. The maximum atomic E-state index is 12.7. The lowest BCUT2D eigenvalue weighted by atomic mass is 10.1. The van der Waals surface area contributed by atoms with Crippen molar-refractivity contribution in [3.05, 3.63) is 52.5 Å². The van der Waals surface area contributed by atoms with E-state index >= 15 is 0 Å². The summed E-state index contributed by atoms with van der Waals surface area (Å²) in [7, 11) is 0. The van der Waals surface area contributed by atoms with Crippen molar-refractivity contribution in [3.63, 3.8) is 0 Å². The normalized spacial score (nSPS) is 11.0. The summed E-state index contributed by atoms with van der Waals surface area (Å²) in [5.74, 6) is 0.169. The molecule has 0 amide bonds. The van der Waals surface area contributed by atoms with Crippen LogP contribution in [0.15, 0.2) is 36.4 Å². The molecule has 0 radical (unpaired) electrons. The lowest BCUT2D eigenvalue weighted by Gasteiger charge is -2.13. The molecule has 108 valence electrons. The van der Waals surface area contributed by atoms with E-state index in [2.05, 4.69) is 0 Å². The van der Waals surface area contributed by atoms with Gasteiger partial charge in [-0.25, -0.2) is 0 Å². The molecule has 2 N–H and O–H groups in total. The highest BCUT2D eigenvalue weighted by Gasteiger charge is 2.33. The highest BCUT2D eigenvalue weighted by molar-refractivity contribution is 6.32. The molecule has 0 spiro atoms. The van der Waals surface area contributed by atoms with Crippen LogP contribution in [0.4, 0.5) is 18.9 Å². The molecular weight excluding hydrogens is 305 g/mol. The first-order valence-electron chi connectivity index (χ1n) is 5.66. The van der Waals surface area contributed by atoms with Crippen LogP contribution in [0, 0.1) is 11.3 Å². The van der Waals surface area contributed by atoms with Crippen molar-refractivity contribution in [2.75, 3.05) is 5.73 Å². The van der Waals surface area contributed by atoms with Gasteiger partial charge in [-0.1, -0.05) is 17.7 Å². The third-order valence-electron chi connectivity index (χ3n) is 2.63. The molecule has 2 rings (SSSR count). The van der Waals surface area contributed by atoms with Gasteiger partial charge in [-0.2, -0.15) is 18.4 Å². The fourth-order valence-electron chi connectivity index (χ4n) is 1.68. The second kappa shape index (κ2) is 5.54. The SMILES string of the molecule is N#Cc1cc(Oc2c(N)cccc2Cl)ccc1C(F)(F)F. The summed E-state index contributed by atoms with van der Waals surface area (Å²) in [6.07, 6.45) is -4.60. The van der Waals surface area contributed by atoms with Crippen molar-refractivity contribution < 1.29 is 17.9 Å². The minimum Gasteiger partial charge on any atom is -0.454 e. The number of para-hydroxylation sites is 1. The zero-order valence-corrected chi connectivity index (χ0v) is 11.2. The third-order valence-corrected chi connectivity index (χ3v) is 2.93. The molecule has 0 saturated heterocycles. The molecule has 0 unspecified atom stereocenters. The number of benzene rings is 2. The van der Waals surface area contributed by atoms with Crippen LogP contribution in [-0.2, 0) is 6.18 Å². The Morgan fingerprint density at radius 1 is 1.19 bits per heavy atom. The minimum absolute atomic E-state index is 0.0411. The van der Waals surface area contributed by atoms with Crippen LogP contribution in [-0.4, -0.2) is 0 Å². The van der Waals surface area contributed by atoms with Gasteiger partial charge in [-0.15, -0.1) is 0 Å². The van der Waals surface area contributed by atoms with Gasteiger partial charge >= 0.3 is 6.18 Å². The van der Waals surface area contributed by atoms with Crippen LogP contribution in [0.5, 0.6) is 11.5 Å². The number of hydrogen-bond acceptors (Lipinski definition) is 3. The van der Waals surface area contributed by atoms with E-state index in [4.69, 9.17) is 27.3 Å². The maximum Gasteiger partial charge on any atom is 0.417 e. The number of nitriles is 1. The van der Waals surface area contributed by atoms with Gasteiger partial charge in [0.15, 0.2) is 5.75 Å². The third kappa shape index (κ3) is 3.20. The standard InChI is InChI=1S/C14H8ClF3N2O/c15-11-2-1-3-12(20)13(11)21-9-4-5-10(14(16,17)18)8(6-9)7-19/h1-6H,20H2. The van der Waals surface area contributed by atoms with Gasteiger partial charge in [-0.05, 0) is 30.3 Å². The van der Waals surface area contributed by atoms with Crippen LogP contribution in [0.3, 0.4) is 0 Å². The molecule has 0 aliphatic heterocycles. The van der Waals surface area contributed by atoms with E-state index in [-0.39, 0.29) is 22.2 Å². The number of ether oxygens (including phenoxy) is 1. The molecule has 7 heteroatoms. The van der Waals surface area contributed by atoms with Gasteiger partial charge in [0.2, 0.25) is 0 Å². The Hall–Kier alpha value is -2.39. The number of anilines is 1. The molecule has 2 aromatic rings. The molecule has 3 nitrogen and oxygen atoms in total. The molecule has 0 heterocycles. The number of nitrogen functional groups attached to an aromatic ring is 1. The Bertz CT molecular complexity index is 703. The Morgan fingerprint density at radius 3 is 2.48 bits per heavy atom. The molecule has 0 aromatic heterocycles. The fourth-order valence-corrected chi connectivity index (χ4v) is 1.90. The van der Waals surface area contributed by atoms with Gasteiger partial charge in [0.1, 0.15) is 5.75 Å². The molecule has 2 aromatic carbocycles. The molecular formula is C14H8ClF3N2O. The zero-order valence-electron chi connectivity index (χ0n) is 10.4. The summed E-state index contributed by atoms with van der Waals surface area (Å²) in [6, 6.07) is 9.04. The van der Waals surface area contributed by atoms with Crippen LogP contribution in [0.1, 0.15) is 11.1 Å².